The van der Waals surface area contributed by atoms with Crippen molar-refractivity contribution in [2.24, 2.45) is 0 Å². The Bertz CT molecular complexity index is 1260. The third kappa shape index (κ3) is 3.53. The molecule has 31 heavy (non-hydrogen) atoms. The molecule has 0 spiro atoms. The van der Waals surface area contributed by atoms with Crippen LogP contribution in [0.5, 0.6) is 0 Å². The molecule has 4 aromatic rings. The molecule has 5 rings (SSSR count). The number of urea groups is 1. The van der Waals surface area contributed by atoms with Gasteiger partial charge in [-0.25, -0.2) is 4.79 Å². The maximum atomic E-state index is 13.2. The van der Waals surface area contributed by atoms with Crippen molar-refractivity contribution >= 4 is 28.6 Å². The minimum absolute atomic E-state index is 0.196. The maximum absolute atomic E-state index is 13.2. The first kappa shape index (κ1) is 19.3. The molecule has 2 amide bonds. The average molecular weight is 429 g/mol. The molecule has 1 atom stereocenters. The highest BCUT2D eigenvalue weighted by atomic mass is 32.1. The fourth-order valence-corrected chi connectivity index (χ4v) is 4.48. The lowest BCUT2D eigenvalue weighted by molar-refractivity contribution is 0.244. The molecule has 1 N–H and O–H groups in total. The summed E-state index contributed by atoms with van der Waals surface area (Å²) in [5.74, 6) is 0.934. The number of aromatic nitrogens is 2. The van der Waals surface area contributed by atoms with E-state index in [0.29, 0.717) is 11.7 Å². The highest BCUT2D eigenvalue weighted by Gasteiger charge is 2.36. The third-order valence-corrected chi connectivity index (χ3v) is 6.14. The number of allylic oxidation sites excluding steroid dienone is 1. The second-order valence-electron chi connectivity index (χ2n) is 7.37. The standard InChI is InChI=1S/C24H20N4O2S/c1-15-8-6-11-18(14-15)28-16(2)20(21(25-24(28)29)17-9-4-3-5-10-17)23-26-22(27-30-23)19-12-7-13-31-19/h3-14,21H,1-2H3,(H,25,29). The van der Waals surface area contributed by atoms with Gasteiger partial charge in [-0.2, -0.15) is 4.98 Å². The Hall–Kier alpha value is -3.71. The molecule has 154 valence electrons. The molecule has 2 aromatic carbocycles. The summed E-state index contributed by atoms with van der Waals surface area (Å²) in [5.41, 5.74) is 4.34. The van der Waals surface area contributed by atoms with Crippen molar-refractivity contribution in [3.8, 4) is 10.7 Å². The Balaban J connectivity index is 1.67. The van der Waals surface area contributed by atoms with E-state index in [0.717, 1.165) is 33.0 Å². The van der Waals surface area contributed by atoms with Crippen LogP contribution < -0.4 is 10.2 Å². The molecule has 0 radical (unpaired) electrons. The van der Waals surface area contributed by atoms with Gasteiger partial charge in [-0.1, -0.05) is 53.7 Å². The van der Waals surface area contributed by atoms with Gasteiger partial charge in [0.1, 0.15) is 0 Å². The van der Waals surface area contributed by atoms with Crippen LogP contribution in [0.1, 0.15) is 30.0 Å². The average Bonchev–Trinajstić information content (AvgIpc) is 3.46. The largest absolute Gasteiger partial charge is 0.334 e. The number of nitrogens with one attached hydrogen (secondary N) is 1. The zero-order valence-electron chi connectivity index (χ0n) is 17.1. The molecule has 1 aliphatic heterocycles. The van der Waals surface area contributed by atoms with Gasteiger partial charge in [-0.05, 0) is 48.6 Å². The van der Waals surface area contributed by atoms with Crippen LogP contribution >= 0.6 is 11.3 Å². The summed E-state index contributed by atoms with van der Waals surface area (Å²) < 4.78 is 5.70. The van der Waals surface area contributed by atoms with E-state index in [-0.39, 0.29) is 6.03 Å². The van der Waals surface area contributed by atoms with Crippen molar-refractivity contribution in [2.45, 2.75) is 19.9 Å². The van der Waals surface area contributed by atoms with Crippen LogP contribution in [-0.4, -0.2) is 16.2 Å². The lowest BCUT2D eigenvalue weighted by atomic mass is 9.94. The first-order chi connectivity index (χ1) is 15.1. The second-order valence-corrected chi connectivity index (χ2v) is 8.31. The van der Waals surface area contributed by atoms with Crippen molar-refractivity contribution in [1.82, 2.24) is 15.5 Å². The fraction of sp³-hybridized carbons (Fsp3) is 0.125. The predicted molar refractivity (Wildman–Crippen MR) is 122 cm³/mol. The molecule has 0 fully saturated rings. The number of anilines is 1. The van der Waals surface area contributed by atoms with Crippen LogP contribution in [0.15, 0.2) is 82.3 Å². The highest BCUT2D eigenvalue weighted by Crippen LogP contribution is 2.39. The summed E-state index contributed by atoms with van der Waals surface area (Å²) in [6.07, 6.45) is 0. The van der Waals surface area contributed by atoms with Crippen LogP contribution in [0.2, 0.25) is 0 Å². The monoisotopic (exact) mass is 428 g/mol. The molecule has 1 aliphatic rings. The van der Waals surface area contributed by atoms with Crippen molar-refractivity contribution in [3.63, 3.8) is 0 Å². The Morgan fingerprint density at radius 3 is 2.61 bits per heavy atom. The number of hydrogen-bond acceptors (Lipinski definition) is 5. The first-order valence-corrected chi connectivity index (χ1v) is 10.8. The van der Waals surface area contributed by atoms with E-state index in [1.807, 2.05) is 86.0 Å². The number of nitrogens with zero attached hydrogens (tertiary/aromatic N) is 3. The Kier molecular flexibility index (Phi) is 4.88. The molecule has 0 bridgehead atoms. The van der Waals surface area contributed by atoms with Gasteiger partial charge in [0.25, 0.3) is 5.89 Å². The normalized spacial score (nSPS) is 16.5. The number of carbonyl (C=O) groups excluding carboxylic acids is 1. The lowest BCUT2D eigenvalue weighted by Crippen LogP contribution is -2.46. The van der Waals surface area contributed by atoms with E-state index < -0.39 is 6.04 Å². The summed E-state index contributed by atoms with van der Waals surface area (Å²) in [4.78, 5) is 20.4. The molecular formula is C24H20N4O2S. The van der Waals surface area contributed by atoms with Crippen molar-refractivity contribution < 1.29 is 9.32 Å². The summed E-state index contributed by atoms with van der Waals surface area (Å²) in [7, 11) is 0. The van der Waals surface area contributed by atoms with E-state index >= 15 is 0 Å². The zero-order chi connectivity index (χ0) is 21.4. The summed E-state index contributed by atoms with van der Waals surface area (Å²) in [6.45, 7) is 3.92. The topological polar surface area (TPSA) is 71.3 Å². The van der Waals surface area contributed by atoms with E-state index in [1.165, 1.54) is 0 Å². The van der Waals surface area contributed by atoms with Crippen LogP contribution in [0, 0.1) is 6.92 Å². The number of hydrogen-bond donors (Lipinski definition) is 1. The van der Waals surface area contributed by atoms with E-state index in [1.54, 1.807) is 16.2 Å². The van der Waals surface area contributed by atoms with Crippen molar-refractivity contribution in [1.29, 1.82) is 0 Å². The second kappa shape index (κ2) is 7.85. The van der Waals surface area contributed by atoms with Crippen LogP contribution in [-0.2, 0) is 0 Å². The van der Waals surface area contributed by atoms with Crippen LogP contribution in [0.4, 0.5) is 10.5 Å². The Labute approximate surface area is 183 Å². The fourth-order valence-electron chi connectivity index (χ4n) is 3.83. The van der Waals surface area contributed by atoms with Gasteiger partial charge in [0.15, 0.2) is 0 Å². The molecule has 7 heteroatoms. The van der Waals surface area contributed by atoms with Gasteiger partial charge >= 0.3 is 6.03 Å². The minimum atomic E-state index is -0.397. The molecule has 2 aromatic heterocycles. The zero-order valence-corrected chi connectivity index (χ0v) is 17.9. The van der Waals surface area contributed by atoms with Gasteiger partial charge in [-0.15, -0.1) is 11.3 Å². The molecular weight excluding hydrogens is 408 g/mol. The van der Waals surface area contributed by atoms with Gasteiger partial charge < -0.3 is 9.84 Å². The summed E-state index contributed by atoms with van der Waals surface area (Å²) >= 11 is 1.55. The third-order valence-electron chi connectivity index (χ3n) is 5.28. The summed E-state index contributed by atoms with van der Waals surface area (Å²) in [6, 6.07) is 21.0. The van der Waals surface area contributed by atoms with Crippen LogP contribution in [0.25, 0.3) is 16.3 Å². The molecule has 0 aliphatic carbocycles. The Morgan fingerprint density at radius 2 is 1.87 bits per heavy atom. The van der Waals surface area contributed by atoms with E-state index in [4.69, 9.17) is 4.52 Å². The molecule has 0 saturated heterocycles. The molecule has 3 heterocycles. The van der Waals surface area contributed by atoms with Gasteiger partial charge in [-0.3, -0.25) is 4.90 Å². The number of rotatable bonds is 4. The number of amides is 2. The first-order valence-electron chi connectivity index (χ1n) is 9.93. The molecule has 1 unspecified atom stereocenters. The predicted octanol–water partition coefficient (Wildman–Crippen LogP) is 5.81. The number of benzene rings is 2. The number of aryl methyl sites for hydroxylation is 1. The van der Waals surface area contributed by atoms with Crippen molar-refractivity contribution in [3.05, 3.63) is 94.8 Å². The quantitative estimate of drug-likeness (QED) is 0.445. The van der Waals surface area contributed by atoms with Crippen LogP contribution in [0.3, 0.4) is 0 Å². The lowest BCUT2D eigenvalue weighted by Gasteiger charge is -2.35. The van der Waals surface area contributed by atoms with Crippen molar-refractivity contribution in [2.75, 3.05) is 4.90 Å². The van der Waals surface area contributed by atoms with E-state index in [2.05, 4.69) is 15.5 Å². The summed E-state index contributed by atoms with van der Waals surface area (Å²) in [5, 5.41) is 9.29. The number of carbonyl (C=O) groups is 1. The highest BCUT2D eigenvalue weighted by molar-refractivity contribution is 7.13. The number of thiophene rings is 1. The van der Waals surface area contributed by atoms with Gasteiger partial charge in [0.2, 0.25) is 5.82 Å². The minimum Gasteiger partial charge on any atom is -0.334 e. The molecule has 0 saturated carbocycles. The maximum Gasteiger partial charge on any atom is 0.326 e. The SMILES string of the molecule is CC1=C(c2nc(-c3cccs3)no2)C(c2ccccc2)NC(=O)N1c1cccc(C)c1. The van der Waals surface area contributed by atoms with E-state index in [9.17, 15) is 4.79 Å². The van der Waals surface area contributed by atoms with Gasteiger partial charge in [0, 0.05) is 5.70 Å². The molecule has 6 nitrogen and oxygen atoms in total. The van der Waals surface area contributed by atoms with Gasteiger partial charge in [0.05, 0.1) is 22.2 Å². The Morgan fingerprint density at radius 1 is 1.03 bits per heavy atom. The smallest absolute Gasteiger partial charge is 0.326 e.